The third kappa shape index (κ3) is 2.32. The third-order valence-corrected chi connectivity index (χ3v) is 5.52. The zero-order valence-corrected chi connectivity index (χ0v) is 12.2. The summed E-state index contributed by atoms with van der Waals surface area (Å²) in [4.78, 5) is 13.7. The highest BCUT2D eigenvalue weighted by Crippen LogP contribution is 2.51. The highest BCUT2D eigenvalue weighted by atomic mass is 32.1. The van der Waals surface area contributed by atoms with E-state index < -0.39 is 5.54 Å². The van der Waals surface area contributed by atoms with Crippen LogP contribution in [0.3, 0.4) is 0 Å². The van der Waals surface area contributed by atoms with E-state index in [1.807, 2.05) is 6.92 Å². The molecule has 104 valence electrons. The summed E-state index contributed by atoms with van der Waals surface area (Å²) in [7, 11) is 0. The maximum Gasteiger partial charge on any atom is 0.326 e. The molecule has 2 aliphatic carbocycles. The Morgan fingerprint density at radius 1 is 1.58 bits per heavy atom. The zero-order valence-electron chi connectivity index (χ0n) is 11.4. The highest BCUT2D eigenvalue weighted by molar-refractivity contribution is 7.09. The van der Waals surface area contributed by atoms with Crippen LogP contribution < -0.4 is 5.32 Å². The Bertz CT molecular complexity index is 445. The molecule has 3 atom stereocenters. The van der Waals surface area contributed by atoms with Crippen LogP contribution >= 0.6 is 11.3 Å². The molecular weight excluding hydrogens is 258 g/mol. The summed E-state index contributed by atoms with van der Waals surface area (Å²) < 4.78 is 5.35. The summed E-state index contributed by atoms with van der Waals surface area (Å²) >= 11 is 1.74. The third-order valence-electron chi connectivity index (χ3n) is 4.65. The van der Waals surface area contributed by atoms with Crippen LogP contribution in [0.25, 0.3) is 0 Å². The smallest absolute Gasteiger partial charge is 0.326 e. The lowest BCUT2D eigenvalue weighted by atomic mass is 9.80. The molecule has 3 nitrogen and oxygen atoms in total. The minimum Gasteiger partial charge on any atom is -0.465 e. The molecule has 2 saturated carbocycles. The summed E-state index contributed by atoms with van der Waals surface area (Å²) in [6, 6.07) is 4.17. The van der Waals surface area contributed by atoms with Gasteiger partial charge in [-0.05, 0) is 49.5 Å². The summed E-state index contributed by atoms with van der Waals surface area (Å²) in [5.41, 5.74) is -0.414. The Kier molecular flexibility index (Phi) is 3.63. The molecule has 0 spiro atoms. The molecule has 3 rings (SSSR count). The van der Waals surface area contributed by atoms with Crippen molar-refractivity contribution >= 4 is 17.3 Å². The molecule has 0 aliphatic heterocycles. The van der Waals surface area contributed by atoms with Gasteiger partial charge in [-0.3, -0.25) is 10.1 Å². The molecule has 1 aromatic heterocycles. The van der Waals surface area contributed by atoms with Crippen molar-refractivity contribution in [3.8, 4) is 0 Å². The quantitative estimate of drug-likeness (QED) is 0.842. The van der Waals surface area contributed by atoms with Crippen molar-refractivity contribution in [3.63, 3.8) is 0 Å². The normalized spacial score (nSPS) is 32.7. The summed E-state index contributed by atoms with van der Waals surface area (Å²) in [6.07, 6.45) is 4.60. The number of hydrogen-bond acceptors (Lipinski definition) is 4. The first-order chi connectivity index (χ1) is 9.24. The molecule has 2 fully saturated rings. The average Bonchev–Trinajstić information content (AvgIpc) is 3.13. The van der Waals surface area contributed by atoms with Gasteiger partial charge >= 0.3 is 5.97 Å². The molecule has 1 heterocycles. The van der Waals surface area contributed by atoms with Crippen molar-refractivity contribution in [1.82, 2.24) is 5.32 Å². The van der Waals surface area contributed by atoms with Crippen molar-refractivity contribution in [2.45, 2.75) is 44.7 Å². The summed E-state index contributed by atoms with van der Waals surface area (Å²) in [6.45, 7) is 3.14. The number of fused-ring (bicyclic) bond motifs is 2. The first-order valence-electron chi connectivity index (χ1n) is 7.19. The number of hydrogen-bond donors (Lipinski definition) is 1. The van der Waals surface area contributed by atoms with Gasteiger partial charge in [0, 0.05) is 11.4 Å². The molecule has 0 amide bonds. The Hall–Kier alpha value is -0.870. The van der Waals surface area contributed by atoms with E-state index in [1.165, 1.54) is 24.1 Å². The molecule has 2 aliphatic rings. The van der Waals surface area contributed by atoms with Crippen molar-refractivity contribution in [2.75, 3.05) is 6.61 Å². The fourth-order valence-corrected chi connectivity index (χ4v) is 4.43. The van der Waals surface area contributed by atoms with Crippen LogP contribution in [0, 0.1) is 11.8 Å². The Balaban J connectivity index is 1.75. The summed E-state index contributed by atoms with van der Waals surface area (Å²) in [5.74, 6) is 1.15. The van der Waals surface area contributed by atoms with Gasteiger partial charge in [0.1, 0.15) is 5.54 Å². The van der Waals surface area contributed by atoms with Crippen molar-refractivity contribution in [3.05, 3.63) is 22.4 Å². The topological polar surface area (TPSA) is 38.3 Å². The molecule has 19 heavy (non-hydrogen) atoms. The van der Waals surface area contributed by atoms with E-state index in [1.54, 1.807) is 11.3 Å². The van der Waals surface area contributed by atoms with Crippen molar-refractivity contribution in [2.24, 2.45) is 11.8 Å². The fraction of sp³-hybridized carbons (Fsp3) is 0.667. The Labute approximate surface area is 118 Å². The molecule has 3 unspecified atom stereocenters. The molecule has 1 N–H and O–H groups in total. The van der Waals surface area contributed by atoms with E-state index >= 15 is 0 Å². The zero-order chi connectivity index (χ0) is 13.3. The Morgan fingerprint density at radius 2 is 2.47 bits per heavy atom. The van der Waals surface area contributed by atoms with Crippen molar-refractivity contribution in [1.29, 1.82) is 0 Å². The molecule has 2 bridgehead atoms. The molecular formula is C15H21NO2S. The lowest BCUT2D eigenvalue weighted by Crippen LogP contribution is -2.56. The van der Waals surface area contributed by atoms with E-state index in [-0.39, 0.29) is 5.97 Å². The second kappa shape index (κ2) is 5.25. The standard InChI is InChI=1S/C15H21NO2S/c1-2-18-14(17)15(9-11-5-6-12(15)8-11)16-10-13-4-3-7-19-13/h3-4,7,11-12,16H,2,5-6,8-10H2,1H3. The summed E-state index contributed by atoms with van der Waals surface area (Å²) in [5, 5.41) is 5.63. The van der Waals surface area contributed by atoms with Crippen LogP contribution in [0.2, 0.25) is 0 Å². The predicted octanol–water partition coefficient (Wildman–Crippen LogP) is 2.96. The molecule has 0 saturated heterocycles. The van der Waals surface area contributed by atoms with E-state index in [0.717, 1.165) is 13.0 Å². The molecule has 0 radical (unpaired) electrons. The van der Waals surface area contributed by atoms with Crippen LogP contribution in [0.4, 0.5) is 0 Å². The van der Waals surface area contributed by atoms with E-state index in [2.05, 4.69) is 22.8 Å². The molecule has 4 heteroatoms. The van der Waals surface area contributed by atoms with Crippen LogP contribution in [0.5, 0.6) is 0 Å². The van der Waals surface area contributed by atoms with Crippen LogP contribution in [0.15, 0.2) is 17.5 Å². The van der Waals surface area contributed by atoms with E-state index in [0.29, 0.717) is 18.4 Å². The average molecular weight is 279 g/mol. The number of rotatable bonds is 5. The predicted molar refractivity (Wildman–Crippen MR) is 76.0 cm³/mol. The number of carbonyl (C=O) groups is 1. The van der Waals surface area contributed by atoms with Gasteiger partial charge in [0.15, 0.2) is 0 Å². The monoisotopic (exact) mass is 279 g/mol. The maximum atomic E-state index is 12.4. The van der Waals surface area contributed by atoms with Crippen LogP contribution in [0.1, 0.15) is 37.5 Å². The number of thiophene rings is 1. The molecule has 1 aromatic rings. The van der Waals surface area contributed by atoms with E-state index in [4.69, 9.17) is 4.74 Å². The van der Waals surface area contributed by atoms with Gasteiger partial charge in [0.25, 0.3) is 0 Å². The number of esters is 1. The van der Waals surface area contributed by atoms with Crippen molar-refractivity contribution < 1.29 is 9.53 Å². The number of carbonyl (C=O) groups excluding carboxylic acids is 1. The van der Waals surface area contributed by atoms with Crippen LogP contribution in [-0.4, -0.2) is 18.1 Å². The second-order valence-electron chi connectivity index (χ2n) is 5.70. The lowest BCUT2D eigenvalue weighted by Gasteiger charge is -2.36. The second-order valence-corrected chi connectivity index (χ2v) is 6.74. The largest absolute Gasteiger partial charge is 0.465 e. The number of ether oxygens (including phenoxy) is 1. The fourth-order valence-electron chi connectivity index (χ4n) is 3.79. The van der Waals surface area contributed by atoms with Gasteiger partial charge < -0.3 is 4.74 Å². The minimum absolute atomic E-state index is 0.0289. The van der Waals surface area contributed by atoms with Crippen LogP contribution in [-0.2, 0) is 16.1 Å². The van der Waals surface area contributed by atoms with Gasteiger partial charge in [0.05, 0.1) is 6.61 Å². The lowest BCUT2D eigenvalue weighted by molar-refractivity contribution is -0.154. The SMILES string of the molecule is CCOC(=O)C1(NCc2cccs2)CC2CCC1C2. The highest BCUT2D eigenvalue weighted by Gasteiger charge is 2.56. The van der Waals surface area contributed by atoms with Gasteiger partial charge in [-0.25, -0.2) is 0 Å². The van der Waals surface area contributed by atoms with Gasteiger partial charge in [-0.15, -0.1) is 11.3 Å². The van der Waals surface area contributed by atoms with Gasteiger partial charge in [-0.1, -0.05) is 12.5 Å². The Morgan fingerprint density at radius 3 is 3.05 bits per heavy atom. The van der Waals surface area contributed by atoms with E-state index in [9.17, 15) is 4.79 Å². The maximum absolute atomic E-state index is 12.4. The number of nitrogens with one attached hydrogen (secondary N) is 1. The molecule has 0 aromatic carbocycles. The minimum atomic E-state index is -0.414. The first-order valence-corrected chi connectivity index (χ1v) is 8.07. The van der Waals surface area contributed by atoms with Gasteiger partial charge in [-0.2, -0.15) is 0 Å². The van der Waals surface area contributed by atoms with Gasteiger partial charge in [0.2, 0.25) is 0 Å². The first kappa shape index (κ1) is 13.1.